The van der Waals surface area contributed by atoms with Gasteiger partial charge >= 0.3 is 0 Å². The Balaban J connectivity index is 1.75. The first-order chi connectivity index (χ1) is 9.81. The molecule has 1 unspecified atom stereocenters. The van der Waals surface area contributed by atoms with Crippen molar-refractivity contribution >= 4 is 0 Å². The van der Waals surface area contributed by atoms with E-state index in [2.05, 4.69) is 53.6 Å². The molecule has 0 saturated heterocycles. The molecule has 1 heterocycles. The fraction of sp³-hybridized carbons (Fsp3) is 0.500. The summed E-state index contributed by atoms with van der Waals surface area (Å²) >= 11 is 0. The van der Waals surface area contributed by atoms with Crippen LogP contribution in [0.15, 0.2) is 28.7 Å². The van der Waals surface area contributed by atoms with Gasteiger partial charge in [0.2, 0.25) is 11.8 Å². The lowest BCUT2D eigenvalue weighted by molar-refractivity contribution is 0.362. The molecule has 1 aliphatic carbocycles. The van der Waals surface area contributed by atoms with Crippen LogP contribution in [0.1, 0.15) is 55.1 Å². The second kappa shape index (κ2) is 5.75. The summed E-state index contributed by atoms with van der Waals surface area (Å²) in [6.45, 7) is 5.13. The molecule has 106 valence electrons. The second-order valence-electron chi connectivity index (χ2n) is 5.37. The van der Waals surface area contributed by atoms with E-state index in [0.717, 1.165) is 37.6 Å². The van der Waals surface area contributed by atoms with Crippen molar-refractivity contribution in [1.82, 2.24) is 15.5 Å². The summed E-state index contributed by atoms with van der Waals surface area (Å²) in [5.74, 6) is 1.85. The van der Waals surface area contributed by atoms with Crippen LogP contribution in [0.4, 0.5) is 0 Å². The number of rotatable bonds is 5. The van der Waals surface area contributed by atoms with Crippen LogP contribution in [-0.4, -0.2) is 16.7 Å². The average Bonchev–Trinajstić information content (AvgIpc) is 3.10. The molecule has 2 aromatic rings. The van der Waals surface area contributed by atoms with Gasteiger partial charge in [-0.1, -0.05) is 38.1 Å². The van der Waals surface area contributed by atoms with Crippen molar-refractivity contribution in [3.05, 3.63) is 47.2 Å². The van der Waals surface area contributed by atoms with Crippen molar-refractivity contribution in [3.8, 4) is 0 Å². The van der Waals surface area contributed by atoms with Crippen LogP contribution in [0.3, 0.4) is 0 Å². The molecule has 20 heavy (non-hydrogen) atoms. The molecular weight excluding hydrogens is 250 g/mol. The van der Waals surface area contributed by atoms with Gasteiger partial charge in [0.25, 0.3) is 0 Å². The Bertz CT molecular complexity index is 554. The first kappa shape index (κ1) is 13.3. The van der Waals surface area contributed by atoms with Gasteiger partial charge in [0, 0.05) is 5.92 Å². The summed E-state index contributed by atoms with van der Waals surface area (Å²) in [6, 6.07) is 8.75. The second-order valence-corrected chi connectivity index (χ2v) is 5.37. The molecule has 4 heteroatoms. The van der Waals surface area contributed by atoms with E-state index < -0.39 is 0 Å². The van der Waals surface area contributed by atoms with Crippen LogP contribution >= 0.6 is 0 Å². The zero-order valence-electron chi connectivity index (χ0n) is 12.1. The maximum Gasteiger partial charge on any atom is 0.233 e. The number of hydrogen-bond acceptors (Lipinski definition) is 4. The quantitative estimate of drug-likeness (QED) is 0.908. The van der Waals surface area contributed by atoms with E-state index in [0.29, 0.717) is 5.92 Å². The monoisotopic (exact) mass is 271 g/mol. The van der Waals surface area contributed by atoms with E-state index >= 15 is 0 Å². The van der Waals surface area contributed by atoms with Gasteiger partial charge in [-0.2, -0.15) is 0 Å². The van der Waals surface area contributed by atoms with Gasteiger partial charge in [0.15, 0.2) is 0 Å². The lowest BCUT2D eigenvalue weighted by Gasteiger charge is -2.10. The van der Waals surface area contributed by atoms with Gasteiger partial charge in [-0.3, -0.25) is 0 Å². The van der Waals surface area contributed by atoms with Crippen molar-refractivity contribution in [2.45, 2.75) is 45.1 Å². The predicted molar refractivity (Wildman–Crippen MR) is 77.6 cm³/mol. The molecule has 0 bridgehead atoms. The Morgan fingerprint density at radius 1 is 1.20 bits per heavy atom. The van der Waals surface area contributed by atoms with Gasteiger partial charge in [-0.15, -0.1) is 10.2 Å². The largest absolute Gasteiger partial charge is 0.423 e. The van der Waals surface area contributed by atoms with Crippen molar-refractivity contribution in [2.24, 2.45) is 0 Å². The highest BCUT2D eigenvalue weighted by Crippen LogP contribution is 2.33. The molecule has 0 fully saturated rings. The zero-order chi connectivity index (χ0) is 13.9. The first-order valence-electron chi connectivity index (χ1n) is 7.45. The Kier molecular flexibility index (Phi) is 3.83. The molecule has 0 saturated carbocycles. The summed E-state index contributed by atoms with van der Waals surface area (Å²) in [5.41, 5.74) is 2.83. The minimum absolute atomic E-state index is 0.171. The Morgan fingerprint density at radius 2 is 1.90 bits per heavy atom. The molecule has 1 aromatic heterocycles. The minimum Gasteiger partial charge on any atom is -0.423 e. The van der Waals surface area contributed by atoms with E-state index in [1.54, 1.807) is 0 Å². The van der Waals surface area contributed by atoms with Crippen molar-refractivity contribution < 1.29 is 4.42 Å². The Morgan fingerprint density at radius 3 is 2.50 bits per heavy atom. The number of nitrogens with one attached hydrogen (secondary N) is 1. The lowest BCUT2D eigenvalue weighted by Crippen LogP contribution is -2.20. The van der Waals surface area contributed by atoms with Crippen LogP contribution in [0, 0.1) is 0 Å². The number of hydrogen-bond donors (Lipinski definition) is 1. The standard InChI is InChI=1S/C16H21N3O/c1-3-14(17-4-2)16-19-18-15(20-16)13-9-11-7-5-6-8-12(11)10-13/h5-8,13-14,17H,3-4,9-10H2,1-2H3. The summed E-state index contributed by atoms with van der Waals surface area (Å²) in [4.78, 5) is 0. The maximum absolute atomic E-state index is 5.92. The summed E-state index contributed by atoms with van der Waals surface area (Å²) in [5, 5.41) is 11.9. The number of benzene rings is 1. The van der Waals surface area contributed by atoms with E-state index in [-0.39, 0.29) is 6.04 Å². The smallest absolute Gasteiger partial charge is 0.233 e. The SMILES string of the molecule is CCNC(CC)c1nnc(C2Cc3ccccc3C2)o1. The topological polar surface area (TPSA) is 51.0 Å². The number of aromatic nitrogens is 2. The molecule has 1 atom stereocenters. The number of fused-ring (bicyclic) bond motifs is 1. The van der Waals surface area contributed by atoms with Crippen LogP contribution in [-0.2, 0) is 12.8 Å². The zero-order valence-corrected chi connectivity index (χ0v) is 12.1. The summed E-state index contributed by atoms with van der Waals surface area (Å²) < 4.78 is 5.92. The van der Waals surface area contributed by atoms with Crippen molar-refractivity contribution in [1.29, 1.82) is 0 Å². The average molecular weight is 271 g/mol. The normalized spacial score (nSPS) is 16.3. The molecular formula is C16H21N3O. The van der Waals surface area contributed by atoms with E-state index in [1.807, 2.05) is 0 Å². The molecule has 1 aliphatic rings. The molecule has 1 aromatic carbocycles. The van der Waals surface area contributed by atoms with Gasteiger partial charge in [-0.25, -0.2) is 0 Å². The third-order valence-electron chi connectivity index (χ3n) is 4.01. The van der Waals surface area contributed by atoms with Gasteiger partial charge in [-0.05, 0) is 36.9 Å². The van der Waals surface area contributed by atoms with E-state index in [9.17, 15) is 0 Å². The highest BCUT2D eigenvalue weighted by molar-refractivity contribution is 5.34. The van der Waals surface area contributed by atoms with Crippen molar-refractivity contribution in [2.75, 3.05) is 6.54 Å². The van der Waals surface area contributed by atoms with Gasteiger partial charge in [0.05, 0.1) is 6.04 Å². The lowest BCUT2D eigenvalue weighted by atomic mass is 10.1. The fourth-order valence-corrected chi connectivity index (χ4v) is 2.94. The third-order valence-corrected chi connectivity index (χ3v) is 4.01. The molecule has 0 spiro atoms. The highest BCUT2D eigenvalue weighted by atomic mass is 16.4. The van der Waals surface area contributed by atoms with Crippen LogP contribution < -0.4 is 5.32 Å². The predicted octanol–water partition coefficient (Wildman–Crippen LogP) is 3.01. The van der Waals surface area contributed by atoms with E-state index in [1.165, 1.54) is 11.1 Å². The molecule has 0 radical (unpaired) electrons. The molecule has 4 nitrogen and oxygen atoms in total. The third kappa shape index (κ3) is 2.48. The molecule has 0 aliphatic heterocycles. The molecule has 0 amide bonds. The highest BCUT2D eigenvalue weighted by Gasteiger charge is 2.28. The summed E-state index contributed by atoms with van der Waals surface area (Å²) in [6.07, 6.45) is 2.98. The summed E-state index contributed by atoms with van der Waals surface area (Å²) in [7, 11) is 0. The van der Waals surface area contributed by atoms with Crippen LogP contribution in [0.2, 0.25) is 0 Å². The molecule has 3 rings (SSSR count). The van der Waals surface area contributed by atoms with Crippen LogP contribution in [0.5, 0.6) is 0 Å². The first-order valence-corrected chi connectivity index (χ1v) is 7.45. The minimum atomic E-state index is 0.171. The van der Waals surface area contributed by atoms with Crippen LogP contribution in [0.25, 0.3) is 0 Å². The Hall–Kier alpha value is -1.68. The van der Waals surface area contributed by atoms with Gasteiger partial charge < -0.3 is 9.73 Å². The number of nitrogens with zero attached hydrogens (tertiary/aromatic N) is 2. The molecule has 1 N–H and O–H groups in total. The fourth-order valence-electron chi connectivity index (χ4n) is 2.94. The Labute approximate surface area is 119 Å². The van der Waals surface area contributed by atoms with E-state index in [4.69, 9.17) is 4.42 Å². The van der Waals surface area contributed by atoms with Gasteiger partial charge in [0.1, 0.15) is 0 Å². The maximum atomic E-state index is 5.92. The van der Waals surface area contributed by atoms with Crippen molar-refractivity contribution in [3.63, 3.8) is 0 Å².